The molecule has 4 rings (SSSR count). The summed E-state index contributed by atoms with van der Waals surface area (Å²) >= 11 is 6.95. The number of ether oxygens (including phenoxy) is 1. The van der Waals surface area contributed by atoms with E-state index in [2.05, 4.69) is 37.2 Å². The molecule has 3 amide bonds. The number of amides is 3. The molecule has 0 spiro atoms. The lowest BCUT2D eigenvalue weighted by Gasteiger charge is -2.12. The fourth-order valence-electron chi connectivity index (χ4n) is 3.59. The van der Waals surface area contributed by atoms with E-state index >= 15 is 0 Å². The minimum atomic E-state index is -0.474. The predicted octanol–water partition coefficient (Wildman–Crippen LogP) is 6.10. The Bertz CT molecular complexity index is 1350. The van der Waals surface area contributed by atoms with Crippen LogP contribution < -0.4 is 10.1 Å². The zero-order valence-electron chi connectivity index (χ0n) is 18.5. The molecule has 0 unspecified atom stereocenters. The summed E-state index contributed by atoms with van der Waals surface area (Å²) in [6.07, 6.45) is 1.59. The molecule has 178 valence electrons. The fraction of sp³-hybridized carbons (Fsp3) is 0.120. The maximum absolute atomic E-state index is 12.9. The van der Waals surface area contributed by atoms with E-state index in [1.54, 1.807) is 30.3 Å². The first-order chi connectivity index (χ1) is 16.7. The second-order valence-corrected chi connectivity index (χ2v) is 9.61. The average Bonchev–Trinajstić information content (AvgIpc) is 3.06. The molecule has 0 bridgehead atoms. The van der Waals surface area contributed by atoms with E-state index in [0.29, 0.717) is 25.8 Å². The van der Waals surface area contributed by atoms with Crippen molar-refractivity contribution in [2.24, 2.45) is 0 Å². The van der Waals surface area contributed by atoms with Gasteiger partial charge in [0.1, 0.15) is 18.1 Å². The summed E-state index contributed by atoms with van der Waals surface area (Å²) < 4.78 is 7.08. The number of rotatable bonds is 7. The quantitative estimate of drug-likeness (QED) is 0.153. The van der Waals surface area contributed by atoms with E-state index < -0.39 is 16.9 Å². The van der Waals surface area contributed by atoms with E-state index in [9.17, 15) is 19.7 Å². The van der Waals surface area contributed by atoms with Crippen LogP contribution in [0.5, 0.6) is 5.75 Å². The van der Waals surface area contributed by atoms with Crippen LogP contribution in [0, 0.1) is 17.0 Å². The van der Waals surface area contributed by atoms with E-state index in [0.717, 1.165) is 11.1 Å². The number of nitrogens with one attached hydrogen (secondary N) is 1. The van der Waals surface area contributed by atoms with Crippen molar-refractivity contribution in [3.8, 4) is 5.75 Å². The molecule has 1 aliphatic heterocycles. The van der Waals surface area contributed by atoms with Crippen LogP contribution in [-0.4, -0.2) is 21.8 Å². The number of hydrogen-bond acceptors (Lipinski definition) is 5. The number of imide groups is 1. The molecular weight excluding hydrogens is 582 g/mol. The second-order valence-electron chi connectivity index (χ2n) is 7.90. The van der Waals surface area contributed by atoms with Crippen molar-refractivity contribution >= 4 is 55.6 Å². The number of nitro groups is 1. The molecule has 3 aromatic carbocycles. The van der Waals surface area contributed by atoms with Crippen LogP contribution in [0.1, 0.15) is 22.3 Å². The highest BCUT2D eigenvalue weighted by Crippen LogP contribution is 2.36. The number of hydrogen-bond donors (Lipinski definition) is 1. The molecule has 0 aliphatic carbocycles. The minimum Gasteiger partial charge on any atom is -0.487 e. The molecule has 0 radical (unpaired) electrons. The zero-order chi connectivity index (χ0) is 25.1. The Labute approximate surface area is 218 Å². The van der Waals surface area contributed by atoms with Crippen molar-refractivity contribution in [3.05, 3.63) is 108 Å². The van der Waals surface area contributed by atoms with Gasteiger partial charge in [-0.05, 0) is 73.7 Å². The van der Waals surface area contributed by atoms with Gasteiger partial charge in [-0.2, -0.15) is 0 Å². The van der Waals surface area contributed by atoms with Crippen LogP contribution in [0.15, 0.2) is 75.3 Å². The van der Waals surface area contributed by atoms with Gasteiger partial charge in [0.15, 0.2) is 0 Å². The van der Waals surface area contributed by atoms with Crippen molar-refractivity contribution in [2.45, 2.75) is 20.1 Å². The highest BCUT2D eigenvalue weighted by Gasteiger charge is 2.33. The topological polar surface area (TPSA) is 102 Å². The van der Waals surface area contributed by atoms with Gasteiger partial charge in [-0.25, -0.2) is 4.79 Å². The van der Waals surface area contributed by atoms with Crippen molar-refractivity contribution in [1.82, 2.24) is 10.2 Å². The van der Waals surface area contributed by atoms with Gasteiger partial charge in [-0.3, -0.25) is 19.8 Å². The zero-order valence-corrected chi connectivity index (χ0v) is 21.6. The van der Waals surface area contributed by atoms with Crippen LogP contribution in [0.3, 0.4) is 0 Å². The second kappa shape index (κ2) is 10.4. The van der Waals surface area contributed by atoms with E-state index in [-0.39, 0.29) is 24.5 Å². The summed E-state index contributed by atoms with van der Waals surface area (Å²) in [5.41, 5.74) is 3.39. The average molecular weight is 601 g/mol. The normalized spacial score (nSPS) is 14.4. The van der Waals surface area contributed by atoms with Gasteiger partial charge in [0.2, 0.25) is 0 Å². The number of benzene rings is 3. The lowest BCUT2D eigenvalue weighted by Crippen LogP contribution is -2.30. The maximum Gasteiger partial charge on any atom is 0.329 e. The number of halogens is 2. The van der Waals surface area contributed by atoms with Crippen LogP contribution in [0.4, 0.5) is 10.5 Å². The smallest absolute Gasteiger partial charge is 0.329 e. The standard InChI is InChI=1S/C25H19Br2N3O5/c1-15-4-2-5-16(8-15)13-29-24(31)22(28-25(29)32)12-18-10-20(26)23(21(27)11-18)35-14-17-6-3-7-19(9-17)30(33)34/h2-12H,13-14H2,1H3,(H,28,32)/b22-12+. The molecular formula is C25H19Br2N3O5. The summed E-state index contributed by atoms with van der Waals surface area (Å²) in [5.74, 6) is 0.0938. The van der Waals surface area contributed by atoms with E-state index in [1.165, 1.54) is 17.0 Å². The Hall–Kier alpha value is -3.50. The van der Waals surface area contributed by atoms with Crippen LogP contribution in [0.2, 0.25) is 0 Å². The largest absolute Gasteiger partial charge is 0.487 e. The number of carbonyl (C=O) groups excluding carboxylic acids is 2. The van der Waals surface area contributed by atoms with Crippen LogP contribution in [0.25, 0.3) is 6.08 Å². The van der Waals surface area contributed by atoms with Gasteiger partial charge in [0, 0.05) is 12.1 Å². The minimum absolute atomic E-state index is 0.00840. The maximum atomic E-state index is 12.9. The van der Waals surface area contributed by atoms with Gasteiger partial charge >= 0.3 is 6.03 Å². The molecule has 1 aliphatic rings. The SMILES string of the molecule is Cc1cccc(CN2C(=O)N/C(=C/c3cc(Br)c(OCc4cccc([N+](=O)[O-])c4)c(Br)c3)C2=O)c1. The summed E-state index contributed by atoms with van der Waals surface area (Å²) in [6.45, 7) is 2.26. The Morgan fingerprint density at radius 1 is 1.03 bits per heavy atom. The molecule has 35 heavy (non-hydrogen) atoms. The number of aryl methyl sites for hydroxylation is 1. The molecule has 1 saturated heterocycles. The number of non-ortho nitro benzene ring substituents is 1. The third kappa shape index (κ3) is 5.77. The van der Waals surface area contributed by atoms with Gasteiger partial charge in [0.05, 0.1) is 20.4 Å². The highest BCUT2D eigenvalue weighted by atomic mass is 79.9. The van der Waals surface area contributed by atoms with Crippen molar-refractivity contribution < 1.29 is 19.2 Å². The molecule has 1 fully saturated rings. The van der Waals surface area contributed by atoms with E-state index in [1.807, 2.05) is 31.2 Å². The van der Waals surface area contributed by atoms with Crippen LogP contribution in [-0.2, 0) is 17.9 Å². The molecule has 1 heterocycles. The summed E-state index contributed by atoms with van der Waals surface area (Å²) in [5, 5.41) is 13.6. The predicted molar refractivity (Wildman–Crippen MR) is 138 cm³/mol. The van der Waals surface area contributed by atoms with Crippen molar-refractivity contribution in [3.63, 3.8) is 0 Å². The lowest BCUT2D eigenvalue weighted by atomic mass is 10.1. The first-order valence-corrected chi connectivity index (χ1v) is 12.0. The third-order valence-electron chi connectivity index (χ3n) is 5.22. The monoisotopic (exact) mass is 599 g/mol. The van der Waals surface area contributed by atoms with Crippen molar-refractivity contribution in [1.29, 1.82) is 0 Å². The Kier molecular flexibility index (Phi) is 7.32. The summed E-state index contributed by atoms with van der Waals surface area (Å²) in [6, 6.07) is 16.9. The Balaban J connectivity index is 1.49. The molecule has 0 atom stereocenters. The number of nitro benzene ring substituents is 1. The number of urea groups is 1. The molecule has 8 nitrogen and oxygen atoms in total. The van der Waals surface area contributed by atoms with Crippen LogP contribution >= 0.6 is 31.9 Å². The van der Waals surface area contributed by atoms with Gasteiger partial charge < -0.3 is 10.1 Å². The summed E-state index contributed by atoms with van der Waals surface area (Å²) in [4.78, 5) is 37.0. The van der Waals surface area contributed by atoms with Crippen molar-refractivity contribution in [2.75, 3.05) is 0 Å². The number of carbonyl (C=O) groups is 2. The number of nitrogens with zero attached hydrogens (tertiary/aromatic N) is 2. The fourth-order valence-corrected chi connectivity index (χ4v) is 5.04. The first-order valence-electron chi connectivity index (χ1n) is 10.5. The molecule has 3 aromatic rings. The van der Waals surface area contributed by atoms with Gasteiger partial charge in [-0.15, -0.1) is 0 Å². The van der Waals surface area contributed by atoms with E-state index in [4.69, 9.17) is 4.74 Å². The molecule has 0 saturated carbocycles. The Morgan fingerprint density at radius 3 is 2.40 bits per heavy atom. The summed E-state index contributed by atoms with van der Waals surface area (Å²) in [7, 11) is 0. The Morgan fingerprint density at radius 2 is 1.71 bits per heavy atom. The molecule has 10 heteroatoms. The highest BCUT2D eigenvalue weighted by molar-refractivity contribution is 9.11. The van der Waals surface area contributed by atoms with Gasteiger partial charge in [0.25, 0.3) is 11.6 Å². The molecule has 1 N–H and O–H groups in total. The van der Waals surface area contributed by atoms with Gasteiger partial charge in [-0.1, -0.05) is 42.0 Å². The lowest BCUT2D eigenvalue weighted by molar-refractivity contribution is -0.384. The third-order valence-corrected chi connectivity index (χ3v) is 6.40. The first kappa shape index (κ1) is 24.6. The molecule has 0 aromatic heterocycles.